The van der Waals surface area contributed by atoms with Crippen LogP contribution in [0.3, 0.4) is 0 Å². The number of hydrogen-bond acceptors (Lipinski definition) is 3. The van der Waals surface area contributed by atoms with Gasteiger partial charge in [0.2, 0.25) is 0 Å². The van der Waals surface area contributed by atoms with Gasteiger partial charge in [0.05, 0.1) is 17.2 Å². The first-order valence-electron chi connectivity index (χ1n) is 4.21. The van der Waals surface area contributed by atoms with Gasteiger partial charge in [-0.2, -0.15) is 0 Å². The molecule has 0 radical (unpaired) electrons. The van der Waals surface area contributed by atoms with Crippen LogP contribution in [0, 0.1) is 0 Å². The van der Waals surface area contributed by atoms with Crippen LogP contribution in [-0.4, -0.2) is 18.9 Å². The third-order valence-corrected chi connectivity index (χ3v) is 2.33. The molecule has 15 heavy (non-hydrogen) atoms. The number of hydrogen-bond donors (Lipinski definition) is 0. The third kappa shape index (κ3) is 2.70. The van der Waals surface area contributed by atoms with Gasteiger partial charge in [0, 0.05) is 10.6 Å². The van der Waals surface area contributed by atoms with Crippen LogP contribution >= 0.6 is 23.2 Å². The molecule has 1 aromatic carbocycles. The first-order chi connectivity index (χ1) is 7.10. The Bertz CT molecular complexity index is 402. The average Bonchev–Trinajstić information content (AvgIpc) is 2.21. The fraction of sp³-hybridized carbons (Fsp3) is 0.200. The smallest absolute Gasteiger partial charge is 0.339 e. The summed E-state index contributed by atoms with van der Waals surface area (Å²) >= 11 is 11.5. The van der Waals surface area contributed by atoms with E-state index in [9.17, 15) is 9.59 Å². The van der Waals surface area contributed by atoms with Crippen LogP contribution in [0.1, 0.15) is 27.6 Å². The predicted octanol–water partition coefficient (Wildman–Crippen LogP) is 2.98. The molecule has 0 saturated heterocycles. The third-order valence-electron chi connectivity index (χ3n) is 1.69. The highest BCUT2D eigenvalue weighted by Gasteiger charge is 2.15. The lowest BCUT2D eigenvalue weighted by atomic mass is 10.1. The molecule has 0 aliphatic carbocycles. The van der Waals surface area contributed by atoms with Crippen molar-refractivity contribution in [3.05, 3.63) is 33.3 Å². The zero-order valence-corrected chi connectivity index (χ0v) is 9.43. The Morgan fingerprint density at radius 2 is 2.13 bits per heavy atom. The van der Waals surface area contributed by atoms with E-state index in [-0.39, 0.29) is 27.8 Å². The molecule has 1 rings (SSSR count). The fourth-order valence-corrected chi connectivity index (χ4v) is 1.51. The summed E-state index contributed by atoms with van der Waals surface area (Å²) in [5, 5.41) is 0.331. The average molecular weight is 247 g/mol. The molecule has 0 N–H and O–H groups in total. The lowest BCUT2D eigenvalue weighted by Gasteiger charge is -2.06. The molecule has 0 aliphatic heterocycles. The van der Waals surface area contributed by atoms with Crippen molar-refractivity contribution in [3.8, 4) is 0 Å². The quantitative estimate of drug-likeness (QED) is 0.609. The minimum atomic E-state index is -0.590. The van der Waals surface area contributed by atoms with Crippen molar-refractivity contribution < 1.29 is 14.3 Å². The van der Waals surface area contributed by atoms with Crippen molar-refractivity contribution in [2.75, 3.05) is 6.61 Å². The molecule has 0 bridgehead atoms. The molecule has 0 amide bonds. The molecule has 1 aromatic rings. The zero-order chi connectivity index (χ0) is 11.4. The number of rotatable bonds is 3. The molecule has 80 valence electrons. The van der Waals surface area contributed by atoms with Gasteiger partial charge in [0.15, 0.2) is 6.29 Å². The zero-order valence-electron chi connectivity index (χ0n) is 7.92. The summed E-state index contributed by atoms with van der Waals surface area (Å²) in [5.74, 6) is -0.590. The highest BCUT2D eigenvalue weighted by molar-refractivity contribution is 6.37. The summed E-state index contributed by atoms with van der Waals surface area (Å²) in [6, 6.07) is 2.76. The highest BCUT2D eigenvalue weighted by atomic mass is 35.5. The van der Waals surface area contributed by atoms with Crippen LogP contribution in [0.15, 0.2) is 12.1 Å². The Morgan fingerprint density at radius 3 is 2.67 bits per heavy atom. The molecule has 0 atom stereocenters. The summed E-state index contributed by atoms with van der Waals surface area (Å²) in [4.78, 5) is 22.0. The molecular formula is C10H8Cl2O3. The van der Waals surface area contributed by atoms with Gasteiger partial charge >= 0.3 is 5.97 Å². The van der Waals surface area contributed by atoms with Gasteiger partial charge in [-0.05, 0) is 19.1 Å². The molecule has 0 aliphatic rings. The summed E-state index contributed by atoms with van der Waals surface area (Å²) in [7, 11) is 0. The molecule has 0 fully saturated rings. The molecule has 3 nitrogen and oxygen atoms in total. The maximum atomic E-state index is 11.4. The Labute approximate surface area is 96.9 Å². The number of ether oxygens (including phenoxy) is 1. The SMILES string of the molecule is CCOC(=O)c1cc(Cl)cc(C=O)c1Cl. The predicted molar refractivity (Wildman–Crippen MR) is 57.8 cm³/mol. The normalized spacial score (nSPS) is 9.80. The number of esters is 1. The van der Waals surface area contributed by atoms with E-state index in [1.165, 1.54) is 12.1 Å². The maximum Gasteiger partial charge on any atom is 0.339 e. The Morgan fingerprint density at radius 1 is 1.47 bits per heavy atom. The number of carbonyl (C=O) groups excluding carboxylic acids is 2. The van der Waals surface area contributed by atoms with E-state index in [1.807, 2.05) is 0 Å². The van der Waals surface area contributed by atoms with Gasteiger partial charge in [-0.1, -0.05) is 23.2 Å². The van der Waals surface area contributed by atoms with E-state index < -0.39 is 5.97 Å². The Kier molecular flexibility index (Phi) is 4.12. The number of carbonyl (C=O) groups is 2. The Hall–Kier alpha value is -1.06. The second-order valence-electron chi connectivity index (χ2n) is 2.69. The van der Waals surface area contributed by atoms with E-state index in [0.717, 1.165) is 0 Å². The summed E-state index contributed by atoms with van der Waals surface area (Å²) in [6.07, 6.45) is 0.539. The summed E-state index contributed by atoms with van der Waals surface area (Å²) in [6.45, 7) is 1.91. The van der Waals surface area contributed by atoms with Crippen LogP contribution in [0.4, 0.5) is 0 Å². The van der Waals surface area contributed by atoms with Gasteiger partial charge in [0.1, 0.15) is 0 Å². The minimum Gasteiger partial charge on any atom is -0.462 e. The standard InChI is InChI=1S/C10H8Cl2O3/c1-2-15-10(14)8-4-7(11)3-6(5-13)9(8)12/h3-5H,2H2,1H3. The number of aldehydes is 1. The van der Waals surface area contributed by atoms with Gasteiger partial charge in [-0.25, -0.2) is 4.79 Å². The van der Waals surface area contributed by atoms with Crippen molar-refractivity contribution in [3.63, 3.8) is 0 Å². The minimum absolute atomic E-state index is 0.0628. The van der Waals surface area contributed by atoms with E-state index in [4.69, 9.17) is 27.9 Å². The topological polar surface area (TPSA) is 43.4 Å². The fourth-order valence-electron chi connectivity index (χ4n) is 1.05. The first-order valence-corrected chi connectivity index (χ1v) is 4.97. The number of halogens is 2. The van der Waals surface area contributed by atoms with Crippen LogP contribution in [0.25, 0.3) is 0 Å². The van der Waals surface area contributed by atoms with Crippen molar-refractivity contribution >= 4 is 35.5 Å². The van der Waals surface area contributed by atoms with Gasteiger partial charge < -0.3 is 4.74 Å². The number of benzene rings is 1. The van der Waals surface area contributed by atoms with Crippen LogP contribution in [0.2, 0.25) is 10.0 Å². The maximum absolute atomic E-state index is 11.4. The van der Waals surface area contributed by atoms with Crippen molar-refractivity contribution in [2.45, 2.75) is 6.92 Å². The second-order valence-corrected chi connectivity index (χ2v) is 3.51. The monoisotopic (exact) mass is 246 g/mol. The highest BCUT2D eigenvalue weighted by Crippen LogP contribution is 2.25. The van der Waals surface area contributed by atoms with Crippen LogP contribution < -0.4 is 0 Å². The lowest BCUT2D eigenvalue weighted by molar-refractivity contribution is 0.0526. The molecule has 0 saturated carbocycles. The lowest BCUT2D eigenvalue weighted by Crippen LogP contribution is -2.06. The van der Waals surface area contributed by atoms with Crippen molar-refractivity contribution in [2.24, 2.45) is 0 Å². The van der Waals surface area contributed by atoms with Crippen LogP contribution in [0.5, 0.6) is 0 Å². The van der Waals surface area contributed by atoms with Gasteiger partial charge in [0.25, 0.3) is 0 Å². The van der Waals surface area contributed by atoms with E-state index in [1.54, 1.807) is 6.92 Å². The molecule has 0 heterocycles. The molecule has 0 unspecified atom stereocenters. The molecular weight excluding hydrogens is 239 g/mol. The van der Waals surface area contributed by atoms with E-state index in [2.05, 4.69) is 0 Å². The molecule has 5 heteroatoms. The van der Waals surface area contributed by atoms with Crippen molar-refractivity contribution in [1.29, 1.82) is 0 Å². The van der Waals surface area contributed by atoms with Gasteiger partial charge in [-0.15, -0.1) is 0 Å². The molecule has 0 aromatic heterocycles. The second kappa shape index (κ2) is 5.14. The van der Waals surface area contributed by atoms with Crippen LogP contribution in [-0.2, 0) is 4.74 Å². The van der Waals surface area contributed by atoms with Crippen molar-refractivity contribution in [1.82, 2.24) is 0 Å². The summed E-state index contributed by atoms with van der Waals surface area (Å²) < 4.78 is 4.77. The van der Waals surface area contributed by atoms with Gasteiger partial charge in [-0.3, -0.25) is 4.79 Å². The Balaban J connectivity index is 3.22. The largest absolute Gasteiger partial charge is 0.462 e. The van der Waals surface area contributed by atoms with E-state index >= 15 is 0 Å². The van der Waals surface area contributed by atoms with E-state index in [0.29, 0.717) is 6.29 Å². The summed E-state index contributed by atoms with van der Waals surface area (Å²) in [5.41, 5.74) is 0.278. The first kappa shape index (κ1) is 12.0. The molecule has 0 spiro atoms.